The fraction of sp³-hybridized carbons (Fsp3) is 0.200. The maximum atomic E-state index is 11.5. The topological polar surface area (TPSA) is 69.4 Å². The highest BCUT2D eigenvalue weighted by atomic mass is 79.9. The van der Waals surface area contributed by atoms with E-state index < -0.39 is 9.84 Å². The molecule has 0 saturated heterocycles. The average molecular weight is 370 g/mol. The van der Waals surface area contributed by atoms with Crippen LogP contribution in [0.1, 0.15) is 18.5 Å². The molecular weight excluding hydrogens is 354 g/mol. The van der Waals surface area contributed by atoms with Gasteiger partial charge in [0.15, 0.2) is 9.84 Å². The Kier molecular flexibility index (Phi) is 4.70. The van der Waals surface area contributed by atoms with Gasteiger partial charge in [0.25, 0.3) is 0 Å². The molecule has 2 aromatic rings. The molecule has 1 atom stereocenters. The van der Waals surface area contributed by atoms with E-state index in [-0.39, 0.29) is 10.9 Å². The Bertz CT molecular complexity index is 757. The first-order valence-electron chi connectivity index (χ1n) is 6.30. The van der Waals surface area contributed by atoms with E-state index in [1.54, 1.807) is 18.2 Å². The molecule has 2 rings (SSSR count). The van der Waals surface area contributed by atoms with Crippen LogP contribution in [0.25, 0.3) is 0 Å². The minimum Gasteiger partial charge on any atom is -0.456 e. The molecule has 0 aliphatic heterocycles. The molecule has 21 heavy (non-hydrogen) atoms. The molecule has 2 aromatic carbocycles. The fourth-order valence-electron chi connectivity index (χ4n) is 1.78. The van der Waals surface area contributed by atoms with Crippen molar-refractivity contribution in [2.45, 2.75) is 17.9 Å². The lowest BCUT2D eigenvalue weighted by Crippen LogP contribution is -2.04. The monoisotopic (exact) mass is 369 g/mol. The first kappa shape index (κ1) is 16.0. The molecule has 0 bridgehead atoms. The van der Waals surface area contributed by atoms with Gasteiger partial charge >= 0.3 is 0 Å². The predicted molar refractivity (Wildman–Crippen MR) is 86.4 cm³/mol. The molecule has 0 aliphatic carbocycles. The largest absolute Gasteiger partial charge is 0.456 e. The molecule has 0 spiro atoms. The van der Waals surface area contributed by atoms with Crippen molar-refractivity contribution in [2.24, 2.45) is 5.73 Å². The van der Waals surface area contributed by atoms with Crippen LogP contribution in [0, 0.1) is 0 Å². The normalized spacial score (nSPS) is 13.0. The van der Waals surface area contributed by atoms with Gasteiger partial charge in [0.05, 0.1) is 9.37 Å². The van der Waals surface area contributed by atoms with Crippen molar-refractivity contribution in [2.75, 3.05) is 6.26 Å². The Morgan fingerprint density at radius 3 is 2.48 bits per heavy atom. The van der Waals surface area contributed by atoms with Crippen LogP contribution in [-0.2, 0) is 9.84 Å². The van der Waals surface area contributed by atoms with Gasteiger partial charge in [-0.1, -0.05) is 12.1 Å². The summed E-state index contributed by atoms with van der Waals surface area (Å²) in [6.45, 7) is 1.90. The maximum Gasteiger partial charge on any atom is 0.175 e. The van der Waals surface area contributed by atoms with Crippen LogP contribution < -0.4 is 10.5 Å². The van der Waals surface area contributed by atoms with Crippen LogP contribution in [0.5, 0.6) is 11.5 Å². The van der Waals surface area contributed by atoms with Crippen LogP contribution in [-0.4, -0.2) is 14.7 Å². The number of benzene rings is 2. The second-order valence-electron chi connectivity index (χ2n) is 4.83. The highest BCUT2D eigenvalue weighted by Crippen LogP contribution is 2.32. The van der Waals surface area contributed by atoms with E-state index in [1.165, 1.54) is 18.4 Å². The van der Waals surface area contributed by atoms with Crippen LogP contribution in [0.15, 0.2) is 51.8 Å². The zero-order valence-electron chi connectivity index (χ0n) is 11.7. The summed E-state index contributed by atoms with van der Waals surface area (Å²) >= 11 is 3.43. The van der Waals surface area contributed by atoms with Gasteiger partial charge in [-0.3, -0.25) is 0 Å². The number of sulfone groups is 1. The minimum atomic E-state index is -3.25. The Balaban J connectivity index is 2.31. The Hall–Kier alpha value is -1.37. The van der Waals surface area contributed by atoms with Gasteiger partial charge in [-0.05, 0) is 58.7 Å². The van der Waals surface area contributed by atoms with Gasteiger partial charge in [0.1, 0.15) is 11.5 Å². The highest BCUT2D eigenvalue weighted by molar-refractivity contribution is 9.10. The maximum absolute atomic E-state index is 11.5. The van der Waals surface area contributed by atoms with E-state index in [1.807, 2.05) is 19.1 Å². The highest BCUT2D eigenvalue weighted by Gasteiger charge is 2.10. The minimum absolute atomic E-state index is 0.0658. The van der Waals surface area contributed by atoms with Gasteiger partial charge in [-0.25, -0.2) is 8.42 Å². The van der Waals surface area contributed by atoms with Crippen molar-refractivity contribution in [1.82, 2.24) is 0 Å². The number of ether oxygens (including phenoxy) is 1. The van der Waals surface area contributed by atoms with Crippen molar-refractivity contribution in [1.29, 1.82) is 0 Å². The Morgan fingerprint density at radius 2 is 1.90 bits per heavy atom. The molecular formula is C15H16BrNO3S. The Labute approximate surface area is 133 Å². The summed E-state index contributed by atoms with van der Waals surface area (Å²) in [6, 6.07) is 11.9. The molecule has 0 fully saturated rings. The number of hydrogen-bond acceptors (Lipinski definition) is 4. The third kappa shape index (κ3) is 4.06. The quantitative estimate of drug-likeness (QED) is 0.892. The van der Waals surface area contributed by atoms with Crippen LogP contribution >= 0.6 is 15.9 Å². The van der Waals surface area contributed by atoms with Gasteiger partial charge in [-0.15, -0.1) is 0 Å². The molecule has 4 nitrogen and oxygen atoms in total. The second kappa shape index (κ2) is 6.17. The molecule has 2 N–H and O–H groups in total. The number of hydrogen-bond donors (Lipinski definition) is 1. The molecule has 112 valence electrons. The summed E-state index contributed by atoms with van der Waals surface area (Å²) < 4.78 is 29.6. The van der Waals surface area contributed by atoms with Crippen LogP contribution in [0.2, 0.25) is 0 Å². The lowest BCUT2D eigenvalue weighted by atomic mass is 10.1. The molecule has 0 radical (unpaired) electrons. The van der Waals surface area contributed by atoms with E-state index in [2.05, 4.69) is 15.9 Å². The summed E-state index contributed by atoms with van der Waals surface area (Å²) in [6.07, 6.45) is 1.17. The van der Waals surface area contributed by atoms with E-state index in [4.69, 9.17) is 10.5 Å². The van der Waals surface area contributed by atoms with Crippen molar-refractivity contribution >= 4 is 25.8 Å². The summed E-state index contributed by atoms with van der Waals surface area (Å²) in [5.41, 5.74) is 6.81. The van der Waals surface area contributed by atoms with E-state index in [0.717, 1.165) is 10.0 Å². The van der Waals surface area contributed by atoms with E-state index >= 15 is 0 Å². The fourth-order valence-corrected chi connectivity index (χ4v) is 2.91. The van der Waals surface area contributed by atoms with Crippen molar-refractivity contribution in [3.8, 4) is 11.5 Å². The van der Waals surface area contributed by atoms with Crippen molar-refractivity contribution in [3.05, 3.63) is 52.5 Å². The molecule has 0 amide bonds. The zero-order chi connectivity index (χ0) is 15.6. The van der Waals surface area contributed by atoms with Gasteiger partial charge in [0, 0.05) is 12.3 Å². The molecule has 0 saturated carbocycles. The van der Waals surface area contributed by atoms with E-state index in [9.17, 15) is 8.42 Å². The average Bonchev–Trinajstić information content (AvgIpc) is 2.40. The van der Waals surface area contributed by atoms with Crippen LogP contribution in [0.4, 0.5) is 0 Å². The standard InChI is InChI=1S/C15H16BrNO3S/c1-10(17)11-6-7-15(14(16)8-11)20-12-4-3-5-13(9-12)21(2,18)19/h3-10H,17H2,1-2H3/t10-/m0/s1. The SMILES string of the molecule is C[C@H](N)c1ccc(Oc2cccc(S(C)(=O)=O)c2)c(Br)c1. The molecule has 0 aromatic heterocycles. The lowest BCUT2D eigenvalue weighted by Gasteiger charge is -2.11. The van der Waals surface area contributed by atoms with E-state index in [0.29, 0.717) is 11.5 Å². The lowest BCUT2D eigenvalue weighted by molar-refractivity contribution is 0.477. The first-order chi connectivity index (χ1) is 9.77. The predicted octanol–water partition coefficient (Wildman–Crippen LogP) is 3.66. The van der Waals surface area contributed by atoms with Crippen LogP contribution in [0.3, 0.4) is 0 Å². The van der Waals surface area contributed by atoms with Crippen molar-refractivity contribution in [3.63, 3.8) is 0 Å². The second-order valence-corrected chi connectivity index (χ2v) is 7.70. The third-order valence-electron chi connectivity index (χ3n) is 2.94. The van der Waals surface area contributed by atoms with Gasteiger partial charge < -0.3 is 10.5 Å². The summed E-state index contributed by atoms with van der Waals surface area (Å²) in [4.78, 5) is 0.225. The molecule has 0 aliphatic rings. The number of nitrogens with two attached hydrogens (primary N) is 1. The molecule has 0 heterocycles. The van der Waals surface area contributed by atoms with Gasteiger partial charge in [-0.2, -0.15) is 0 Å². The first-order valence-corrected chi connectivity index (χ1v) is 8.99. The smallest absolute Gasteiger partial charge is 0.175 e. The molecule has 0 unspecified atom stereocenters. The Morgan fingerprint density at radius 1 is 1.19 bits per heavy atom. The third-order valence-corrected chi connectivity index (χ3v) is 4.67. The number of halogens is 1. The van der Waals surface area contributed by atoms with Crippen molar-refractivity contribution < 1.29 is 13.2 Å². The summed E-state index contributed by atoms with van der Waals surface area (Å²) in [5.74, 6) is 1.07. The van der Waals surface area contributed by atoms with Gasteiger partial charge in [0.2, 0.25) is 0 Å². The zero-order valence-corrected chi connectivity index (χ0v) is 14.1. The summed E-state index contributed by atoms with van der Waals surface area (Å²) in [7, 11) is -3.25. The number of rotatable bonds is 4. The summed E-state index contributed by atoms with van der Waals surface area (Å²) in [5, 5.41) is 0. The molecule has 6 heteroatoms.